The molecule has 0 radical (unpaired) electrons. The third kappa shape index (κ3) is 3.36. The summed E-state index contributed by atoms with van der Waals surface area (Å²) in [5.74, 6) is -2.74. The van der Waals surface area contributed by atoms with E-state index in [0.717, 1.165) is 16.0 Å². The van der Waals surface area contributed by atoms with Crippen molar-refractivity contribution in [2.75, 3.05) is 10.2 Å². The van der Waals surface area contributed by atoms with Gasteiger partial charge in [0.25, 0.3) is 0 Å². The molecular weight excluding hydrogens is 485 g/mol. The van der Waals surface area contributed by atoms with Crippen LogP contribution in [-0.4, -0.2) is 28.7 Å². The molecule has 3 aromatic carbocycles. The van der Waals surface area contributed by atoms with Crippen molar-refractivity contribution in [2.45, 2.75) is 12.1 Å². The molecule has 8 heteroatoms. The summed E-state index contributed by atoms with van der Waals surface area (Å²) in [5.41, 5.74) is 2.76. The lowest BCUT2D eigenvalue weighted by Gasteiger charge is -2.35. The summed E-state index contributed by atoms with van der Waals surface area (Å²) in [6, 6.07) is 19.9. The lowest BCUT2D eigenvalue weighted by atomic mass is 9.84. The lowest BCUT2D eigenvalue weighted by molar-refractivity contribution is -0.128. The van der Waals surface area contributed by atoms with E-state index in [-0.39, 0.29) is 11.8 Å². The van der Waals surface area contributed by atoms with Crippen molar-refractivity contribution in [3.05, 3.63) is 100 Å². The highest BCUT2D eigenvalue weighted by atomic mass is 35.5. The second-order valence-electron chi connectivity index (χ2n) is 8.79. The van der Waals surface area contributed by atoms with Crippen LogP contribution in [0, 0.1) is 11.8 Å². The van der Waals surface area contributed by atoms with Crippen molar-refractivity contribution in [3.8, 4) is 0 Å². The average molecular weight is 504 g/mol. The summed E-state index contributed by atoms with van der Waals surface area (Å²) in [7, 11) is 0. The number of imide groups is 1. The van der Waals surface area contributed by atoms with Crippen molar-refractivity contribution in [3.63, 3.8) is 0 Å². The monoisotopic (exact) mass is 503 g/mol. The molecule has 0 saturated carbocycles. The van der Waals surface area contributed by atoms with E-state index in [2.05, 4.69) is 5.32 Å². The van der Waals surface area contributed by atoms with Gasteiger partial charge in [0.15, 0.2) is 0 Å². The van der Waals surface area contributed by atoms with Crippen molar-refractivity contribution >= 4 is 58.4 Å². The Kier molecular flexibility index (Phi) is 5.16. The van der Waals surface area contributed by atoms with Gasteiger partial charge in [0.2, 0.25) is 17.7 Å². The molecule has 3 heterocycles. The zero-order valence-electron chi connectivity index (χ0n) is 18.3. The van der Waals surface area contributed by atoms with E-state index in [4.69, 9.17) is 23.2 Å². The van der Waals surface area contributed by atoms with Crippen molar-refractivity contribution in [1.29, 1.82) is 0 Å². The minimum Gasteiger partial charge on any atom is -0.357 e. The maximum Gasteiger partial charge on any atom is 0.247 e. The minimum absolute atomic E-state index is 0.303. The van der Waals surface area contributed by atoms with Gasteiger partial charge in [-0.05, 0) is 53.6 Å². The van der Waals surface area contributed by atoms with Gasteiger partial charge in [-0.2, -0.15) is 0 Å². The van der Waals surface area contributed by atoms with E-state index in [9.17, 15) is 14.4 Å². The predicted octanol–water partition coefficient (Wildman–Crippen LogP) is 5.15. The van der Waals surface area contributed by atoms with Crippen LogP contribution < -0.4 is 10.2 Å². The number of fused-ring (bicyclic) bond motifs is 5. The van der Waals surface area contributed by atoms with E-state index in [1.165, 1.54) is 0 Å². The first kappa shape index (κ1) is 21.9. The Morgan fingerprint density at radius 1 is 0.829 bits per heavy atom. The molecule has 6 nitrogen and oxygen atoms in total. The van der Waals surface area contributed by atoms with E-state index in [0.29, 0.717) is 21.4 Å². The molecule has 2 saturated heterocycles. The lowest BCUT2D eigenvalue weighted by Crippen LogP contribution is -2.46. The SMILES string of the molecule is O=C(Nc1ccc(Cl)cc1)[C@H]1[C@H]2C(=O)N(c3ccccc3Cl)C(=O)[C@@H]2[C@@H]2c3ccccc3C=CN12. The van der Waals surface area contributed by atoms with E-state index in [1.807, 2.05) is 41.4 Å². The van der Waals surface area contributed by atoms with Gasteiger partial charge in [-0.15, -0.1) is 0 Å². The third-order valence-electron chi connectivity index (χ3n) is 6.94. The molecule has 3 aromatic rings. The van der Waals surface area contributed by atoms with Crippen LogP contribution in [0.15, 0.2) is 79.0 Å². The number of amides is 3. The molecule has 3 aliphatic rings. The number of rotatable bonds is 3. The zero-order valence-corrected chi connectivity index (χ0v) is 19.8. The van der Waals surface area contributed by atoms with Gasteiger partial charge in [-0.3, -0.25) is 14.4 Å². The summed E-state index contributed by atoms with van der Waals surface area (Å²) < 4.78 is 0. The first-order chi connectivity index (χ1) is 17.0. The number of nitrogens with zero attached hydrogens (tertiary/aromatic N) is 2. The van der Waals surface area contributed by atoms with Crippen LogP contribution in [-0.2, 0) is 14.4 Å². The number of nitrogens with one attached hydrogen (secondary N) is 1. The topological polar surface area (TPSA) is 69.7 Å². The van der Waals surface area contributed by atoms with Gasteiger partial charge in [-0.25, -0.2) is 4.90 Å². The van der Waals surface area contributed by atoms with Crippen LogP contribution in [0.1, 0.15) is 17.2 Å². The summed E-state index contributed by atoms with van der Waals surface area (Å²) in [6.07, 6.45) is 3.73. The molecule has 0 unspecified atom stereocenters. The molecule has 0 spiro atoms. The fraction of sp³-hybridized carbons (Fsp3) is 0.148. The van der Waals surface area contributed by atoms with E-state index < -0.39 is 29.8 Å². The summed E-state index contributed by atoms with van der Waals surface area (Å²) in [4.78, 5) is 44.3. The Morgan fingerprint density at radius 2 is 1.51 bits per heavy atom. The molecule has 1 N–H and O–H groups in total. The van der Waals surface area contributed by atoms with Crippen molar-refractivity contribution < 1.29 is 14.4 Å². The maximum absolute atomic E-state index is 13.8. The van der Waals surface area contributed by atoms with Crippen LogP contribution in [0.4, 0.5) is 11.4 Å². The van der Waals surface area contributed by atoms with Gasteiger partial charge in [0.1, 0.15) is 6.04 Å². The zero-order chi connectivity index (χ0) is 24.3. The first-order valence-corrected chi connectivity index (χ1v) is 11.9. The molecule has 3 aliphatic heterocycles. The largest absolute Gasteiger partial charge is 0.357 e. The smallest absolute Gasteiger partial charge is 0.247 e. The van der Waals surface area contributed by atoms with Crippen LogP contribution in [0.3, 0.4) is 0 Å². The van der Waals surface area contributed by atoms with E-state index in [1.54, 1.807) is 48.5 Å². The van der Waals surface area contributed by atoms with Crippen molar-refractivity contribution in [2.24, 2.45) is 11.8 Å². The van der Waals surface area contributed by atoms with Crippen LogP contribution in [0.2, 0.25) is 10.0 Å². The van der Waals surface area contributed by atoms with Gasteiger partial charge in [-0.1, -0.05) is 59.6 Å². The van der Waals surface area contributed by atoms with E-state index >= 15 is 0 Å². The van der Waals surface area contributed by atoms with Gasteiger partial charge < -0.3 is 10.2 Å². The normalized spacial score (nSPS) is 24.3. The molecule has 174 valence electrons. The number of halogens is 2. The number of carbonyl (C=O) groups is 3. The number of benzene rings is 3. The molecule has 4 atom stereocenters. The van der Waals surface area contributed by atoms with Crippen molar-refractivity contribution in [1.82, 2.24) is 4.90 Å². The Labute approximate surface area is 211 Å². The van der Waals surface area contributed by atoms with Gasteiger partial charge in [0, 0.05) is 16.9 Å². The number of hydrogen-bond acceptors (Lipinski definition) is 4. The van der Waals surface area contributed by atoms with Crippen LogP contribution in [0.5, 0.6) is 0 Å². The highest BCUT2D eigenvalue weighted by Gasteiger charge is 2.64. The summed E-state index contributed by atoms with van der Waals surface area (Å²) in [5, 5.41) is 3.75. The van der Waals surface area contributed by atoms with Crippen LogP contribution in [0.25, 0.3) is 6.08 Å². The Hall–Kier alpha value is -3.61. The molecule has 0 aromatic heterocycles. The Balaban J connectivity index is 1.45. The number of para-hydroxylation sites is 1. The molecular formula is C27H19Cl2N3O3. The second kappa shape index (κ2) is 8.26. The van der Waals surface area contributed by atoms with Crippen LogP contribution >= 0.6 is 23.2 Å². The summed E-state index contributed by atoms with van der Waals surface area (Å²) >= 11 is 12.4. The quantitative estimate of drug-likeness (QED) is 0.502. The molecule has 35 heavy (non-hydrogen) atoms. The minimum atomic E-state index is -0.880. The Bertz CT molecular complexity index is 1400. The molecule has 6 rings (SSSR count). The summed E-state index contributed by atoms with van der Waals surface area (Å²) in [6.45, 7) is 0. The maximum atomic E-state index is 13.8. The molecule has 2 fully saturated rings. The van der Waals surface area contributed by atoms with Gasteiger partial charge >= 0.3 is 0 Å². The highest BCUT2D eigenvalue weighted by Crippen LogP contribution is 2.53. The molecule has 0 aliphatic carbocycles. The standard InChI is InChI=1S/C27H19Cl2N3O3/c28-16-9-11-17(12-10-16)30-25(33)24-22-21(23-18-6-2-1-5-15(18)13-14-31(23)24)26(34)32(27(22)35)20-8-4-3-7-19(20)29/h1-14,21-24H,(H,30,33)/t21-,22-,23-,24+/m0/s1. The number of carbonyl (C=O) groups excluding carboxylic acids is 3. The van der Waals surface area contributed by atoms with Gasteiger partial charge in [0.05, 0.1) is 28.6 Å². The first-order valence-electron chi connectivity index (χ1n) is 11.2. The number of anilines is 2. The fourth-order valence-electron chi connectivity index (χ4n) is 5.48. The third-order valence-corrected chi connectivity index (χ3v) is 7.51. The highest BCUT2D eigenvalue weighted by molar-refractivity contribution is 6.36. The molecule has 0 bridgehead atoms. The average Bonchev–Trinajstić information content (AvgIpc) is 3.34. The number of hydrogen-bond donors (Lipinski definition) is 1. The molecule has 3 amide bonds. The Morgan fingerprint density at radius 3 is 2.29 bits per heavy atom. The predicted molar refractivity (Wildman–Crippen MR) is 135 cm³/mol. The fourth-order valence-corrected chi connectivity index (χ4v) is 5.82. The second-order valence-corrected chi connectivity index (χ2v) is 9.64.